The molecule has 154 valence electrons. The Balaban J connectivity index is 2.04. The number of alkyl halides is 3. The normalized spacial score (nSPS) is 26.4. The second-order valence-electron chi connectivity index (χ2n) is 7.03. The van der Waals surface area contributed by atoms with Crippen LogP contribution in [0.3, 0.4) is 0 Å². The van der Waals surface area contributed by atoms with E-state index in [9.17, 15) is 31.5 Å². The van der Waals surface area contributed by atoms with Crippen LogP contribution in [0.2, 0.25) is 5.02 Å². The van der Waals surface area contributed by atoms with E-state index in [4.69, 9.17) is 17.3 Å². The summed E-state index contributed by atoms with van der Waals surface area (Å²) >= 11 is 5.63. The lowest BCUT2D eigenvalue weighted by Crippen LogP contribution is -2.62. The Hall–Kier alpha value is -2.10. The van der Waals surface area contributed by atoms with Crippen molar-refractivity contribution in [1.82, 2.24) is 10.2 Å². The van der Waals surface area contributed by atoms with E-state index in [1.54, 1.807) is 0 Å². The molecule has 0 spiro atoms. The lowest BCUT2D eigenvalue weighted by Gasteiger charge is -2.47. The van der Waals surface area contributed by atoms with Gasteiger partial charge in [-0.05, 0) is 30.4 Å². The Morgan fingerprint density at radius 1 is 1.29 bits per heavy atom. The summed E-state index contributed by atoms with van der Waals surface area (Å²) in [5.74, 6) is -6.37. The third-order valence-corrected chi connectivity index (χ3v) is 5.80. The number of halogens is 6. The van der Waals surface area contributed by atoms with Gasteiger partial charge in [-0.2, -0.15) is 13.2 Å². The number of urea groups is 1. The monoisotopic (exact) mass is 425 g/mol. The summed E-state index contributed by atoms with van der Waals surface area (Å²) in [4.78, 5) is 25.3. The second-order valence-corrected chi connectivity index (χ2v) is 7.41. The van der Waals surface area contributed by atoms with Crippen LogP contribution in [0.25, 0.3) is 0 Å². The molecule has 5 nitrogen and oxygen atoms in total. The van der Waals surface area contributed by atoms with E-state index in [0.717, 1.165) is 17.0 Å². The molecule has 1 aliphatic heterocycles. The molecule has 1 aromatic carbocycles. The molecule has 1 saturated carbocycles. The van der Waals surface area contributed by atoms with E-state index in [1.807, 2.05) is 0 Å². The third kappa shape index (κ3) is 3.61. The highest BCUT2D eigenvalue weighted by molar-refractivity contribution is 6.31. The van der Waals surface area contributed by atoms with E-state index in [2.05, 4.69) is 5.32 Å². The molecule has 2 atom stereocenters. The van der Waals surface area contributed by atoms with Gasteiger partial charge in [0.2, 0.25) is 5.91 Å². The van der Waals surface area contributed by atoms with E-state index < -0.39 is 58.6 Å². The zero-order chi connectivity index (χ0) is 20.8. The molecule has 0 aromatic heterocycles. The van der Waals surface area contributed by atoms with Crippen molar-refractivity contribution in [2.45, 2.75) is 31.0 Å². The van der Waals surface area contributed by atoms with Gasteiger partial charge in [-0.15, -0.1) is 0 Å². The Morgan fingerprint density at radius 2 is 1.93 bits per heavy atom. The number of amides is 3. The van der Waals surface area contributed by atoms with E-state index in [0.29, 0.717) is 0 Å². The molecule has 1 heterocycles. The average Bonchev–Trinajstić information content (AvgIpc) is 2.55. The van der Waals surface area contributed by atoms with Crippen LogP contribution in [0.1, 0.15) is 24.3 Å². The number of hydrogen-bond acceptors (Lipinski definition) is 2. The van der Waals surface area contributed by atoms with Crippen LogP contribution >= 0.6 is 11.6 Å². The molecule has 1 saturated heterocycles. The van der Waals surface area contributed by atoms with Crippen LogP contribution in [0.4, 0.5) is 26.7 Å². The molecule has 2 fully saturated rings. The predicted molar refractivity (Wildman–Crippen MR) is 89.5 cm³/mol. The zero-order valence-electron chi connectivity index (χ0n) is 14.4. The van der Waals surface area contributed by atoms with Gasteiger partial charge in [-0.25, -0.2) is 13.6 Å². The molecule has 3 N–H and O–H groups in total. The standard InChI is InChI=1S/C17H17ClF5N3O2/c18-12-10(19)2-1-9(13(12)20)11(7-5-8(6-7)17(21,22)23)14-15(27)25-3-4-26(14)16(24)28/h1-2,7-8,11,14H,3-6H2,(H2,24,28)(H,25,27)/t7?,8?,11-,14?/m0/s1. The number of benzene rings is 1. The van der Waals surface area contributed by atoms with Gasteiger partial charge in [0.05, 0.1) is 5.92 Å². The SMILES string of the molecule is NC(=O)N1CCNC(=O)C1[C@H](c1ccc(F)c(Cl)c1F)C1CC(C(F)(F)F)C1. The number of carbonyl (C=O) groups excluding carboxylic acids is 2. The molecule has 3 rings (SSSR count). The molecular formula is C17H17ClF5N3O2. The molecule has 11 heteroatoms. The molecule has 1 aromatic rings. The number of hydrogen-bond donors (Lipinski definition) is 2. The largest absolute Gasteiger partial charge is 0.391 e. The highest BCUT2D eigenvalue weighted by atomic mass is 35.5. The highest BCUT2D eigenvalue weighted by Crippen LogP contribution is 2.52. The molecule has 1 aliphatic carbocycles. The maximum Gasteiger partial charge on any atom is 0.391 e. The van der Waals surface area contributed by atoms with Gasteiger partial charge in [0.15, 0.2) is 0 Å². The van der Waals surface area contributed by atoms with Crippen LogP contribution in [0.5, 0.6) is 0 Å². The summed E-state index contributed by atoms with van der Waals surface area (Å²) in [6, 6.07) is -0.349. The number of rotatable bonds is 3. The minimum atomic E-state index is -4.42. The minimum Gasteiger partial charge on any atom is -0.353 e. The van der Waals surface area contributed by atoms with Crippen molar-refractivity contribution in [1.29, 1.82) is 0 Å². The van der Waals surface area contributed by atoms with Gasteiger partial charge in [0, 0.05) is 19.0 Å². The Labute approximate surface area is 162 Å². The number of piperazine rings is 1. The van der Waals surface area contributed by atoms with Crippen LogP contribution in [-0.2, 0) is 4.79 Å². The van der Waals surface area contributed by atoms with Crippen LogP contribution in [-0.4, -0.2) is 42.1 Å². The fourth-order valence-electron chi connectivity index (χ4n) is 3.99. The number of nitrogens with one attached hydrogen (secondary N) is 1. The minimum absolute atomic E-state index is 0.0220. The van der Waals surface area contributed by atoms with Crippen LogP contribution < -0.4 is 11.1 Å². The topological polar surface area (TPSA) is 75.4 Å². The molecule has 1 unspecified atom stereocenters. The molecule has 3 amide bonds. The summed E-state index contributed by atoms with van der Waals surface area (Å²) in [5, 5.41) is 1.69. The number of carbonyl (C=O) groups is 2. The van der Waals surface area contributed by atoms with Crippen molar-refractivity contribution in [2.24, 2.45) is 17.6 Å². The quantitative estimate of drug-likeness (QED) is 0.576. The Kier molecular flexibility index (Phi) is 5.44. The van der Waals surface area contributed by atoms with Crippen LogP contribution in [0.15, 0.2) is 12.1 Å². The van der Waals surface area contributed by atoms with E-state index in [1.165, 1.54) is 0 Å². The van der Waals surface area contributed by atoms with Crippen molar-refractivity contribution in [3.8, 4) is 0 Å². The predicted octanol–water partition coefficient (Wildman–Crippen LogP) is 3.17. The average molecular weight is 426 g/mol. The summed E-state index contributed by atoms with van der Waals surface area (Å²) in [5.41, 5.74) is 5.11. The first-order chi connectivity index (χ1) is 13.0. The molecule has 28 heavy (non-hydrogen) atoms. The molecule has 0 bridgehead atoms. The first-order valence-corrected chi connectivity index (χ1v) is 8.94. The molecule has 0 radical (unpaired) electrons. The van der Waals surface area contributed by atoms with Crippen molar-refractivity contribution >= 4 is 23.5 Å². The summed E-state index contributed by atoms with van der Waals surface area (Å²) in [6.07, 6.45) is -5.11. The third-order valence-electron chi connectivity index (χ3n) is 5.45. The van der Waals surface area contributed by atoms with Crippen molar-refractivity contribution in [3.05, 3.63) is 34.4 Å². The van der Waals surface area contributed by atoms with Gasteiger partial charge in [0.25, 0.3) is 0 Å². The van der Waals surface area contributed by atoms with E-state index >= 15 is 0 Å². The fourth-order valence-corrected chi connectivity index (χ4v) is 4.16. The van der Waals surface area contributed by atoms with Gasteiger partial charge in [-0.1, -0.05) is 17.7 Å². The van der Waals surface area contributed by atoms with Gasteiger partial charge in [-0.3, -0.25) is 4.79 Å². The van der Waals surface area contributed by atoms with Gasteiger partial charge < -0.3 is 16.0 Å². The smallest absolute Gasteiger partial charge is 0.353 e. The number of nitrogens with two attached hydrogens (primary N) is 1. The lowest BCUT2D eigenvalue weighted by molar-refractivity contribution is -0.207. The Morgan fingerprint density at radius 3 is 2.50 bits per heavy atom. The molecular weight excluding hydrogens is 409 g/mol. The fraction of sp³-hybridized carbons (Fsp3) is 0.529. The summed E-state index contributed by atoms with van der Waals surface area (Å²) < 4.78 is 67.1. The zero-order valence-corrected chi connectivity index (χ0v) is 15.2. The van der Waals surface area contributed by atoms with Gasteiger partial charge >= 0.3 is 12.2 Å². The van der Waals surface area contributed by atoms with Crippen LogP contribution in [0, 0.1) is 23.5 Å². The van der Waals surface area contributed by atoms with Gasteiger partial charge in [0.1, 0.15) is 22.7 Å². The maximum atomic E-state index is 14.7. The number of nitrogens with zero attached hydrogens (tertiary/aromatic N) is 1. The lowest BCUT2D eigenvalue weighted by atomic mass is 9.63. The molecule has 2 aliphatic rings. The second kappa shape index (κ2) is 7.38. The summed E-state index contributed by atoms with van der Waals surface area (Å²) in [7, 11) is 0. The summed E-state index contributed by atoms with van der Waals surface area (Å²) in [6.45, 7) is 0.127. The Bertz CT molecular complexity index is 798. The maximum absolute atomic E-state index is 14.7. The van der Waals surface area contributed by atoms with Crippen molar-refractivity contribution < 1.29 is 31.5 Å². The first-order valence-electron chi connectivity index (χ1n) is 8.56. The van der Waals surface area contributed by atoms with E-state index in [-0.39, 0.29) is 31.5 Å². The highest BCUT2D eigenvalue weighted by Gasteiger charge is 2.54. The van der Waals surface area contributed by atoms with Crippen molar-refractivity contribution in [3.63, 3.8) is 0 Å². The number of primary amides is 1. The first kappa shape index (κ1) is 20.6. The van der Waals surface area contributed by atoms with Crippen molar-refractivity contribution in [2.75, 3.05) is 13.1 Å².